The van der Waals surface area contributed by atoms with E-state index in [1.54, 1.807) is 19.1 Å². The largest absolute Gasteiger partial charge is 0.481 e. The van der Waals surface area contributed by atoms with E-state index in [0.717, 1.165) is 11.7 Å². The highest BCUT2D eigenvalue weighted by Gasteiger charge is 2.45. The minimum Gasteiger partial charge on any atom is -0.481 e. The van der Waals surface area contributed by atoms with Crippen molar-refractivity contribution in [2.45, 2.75) is 18.2 Å². The number of sulfonamides is 1. The molecule has 0 amide bonds. The minimum absolute atomic E-state index is 0.0291. The first-order valence-corrected chi connectivity index (χ1v) is 8.46. The number of nitrogens with zero attached hydrogens (tertiary/aromatic N) is 3. The highest BCUT2D eigenvalue weighted by atomic mass is 32.2. The summed E-state index contributed by atoms with van der Waals surface area (Å²) in [5.41, 5.74) is -0.172. The van der Waals surface area contributed by atoms with Gasteiger partial charge in [-0.1, -0.05) is 6.07 Å². The summed E-state index contributed by atoms with van der Waals surface area (Å²) in [6.45, 7) is 1.73. The first-order chi connectivity index (χ1) is 9.84. The van der Waals surface area contributed by atoms with Crippen molar-refractivity contribution in [2.24, 2.45) is 5.41 Å². The topological polar surface area (TPSA) is 100 Å². The smallest absolute Gasteiger partial charge is 0.310 e. The van der Waals surface area contributed by atoms with Gasteiger partial charge in [-0.15, -0.1) is 0 Å². The third-order valence-corrected chi connectivity index (χ3v) is 6.24. The Morgan fingerprint density at radius 2 is 2.19 bits per heavy atom. The molecule has 1 aliphatic heterocycles. The van der Waals surface area contributed by atoms with Gasteiger partial charge in [-0.05, 0) is 25.5 Å². The van der Waals surface area contributed by atoms with E-state index in [1.165, 1.54) is 10.4 Å². The number of rotatable bonds is 3. The van der Waals surface area contributed by atoms with Crippen LogP contribution in [0.4, 0.5) is 0 Å². The van der Waals surface area contributed by atoms with E-state index < -0.39 is 21.4 Å². The molecule has 1 N–H and O–H groups in total. The summed E-state index contributed by atoms with van der Waals surface area (Å²) in [4.78, 5) is 11.3. The molecule has 2 aromatic rings. The molecule has 0 aliphatic carbocycles. The molecule has 112 valence electrons. The van der Waals surface area contributed by atoms with E-state index >= 15 is 0 Å². The van der Waals surface area contributed by atoms with Crippen LogP contribution in [0.5, 0.6) is 0 Å². The molecule has 0 spiro atoms. The summed E-state index contributed by atoms with van der Waals surface area (Å²) in [6.07, 6.45) is 0.298. The van der Waals surface area contributed by atoms with Crippen LogP contribution in [0.15, 0.2) is 23.1 Å². The van der Waals surface area contributed by atoms with Gasteiger partial charge in [0, 0.05) is 13.1 Å². The number of benzene rings is 1. The number of aliphatic carboxylic acids is 1. The molecule has 1 fully saturated rings. The molecular formula is C12H13N3O4S2. The normalized spacial score (nSPS) is 23.7. The van der Waals surface area contributed by atoms with Gasteiger partial charge in [-0.3, -0.25) is 4.79 Å². The van der Waals surface area contributed by atoms with E-state index in [4.69, 9.17) is 0 Å². The van der Waals surface area contributed by atoms with Gasteiger partial charge in [0.15, 0.2) is 0 Å². The number of hydrogen-bond donors (Lipinski definition) is 1. The Balaban J connectivity index is 2.03. The third kappa shape index (κ3) is 2.21. The van der Waals surface area contributed by atoms with Gasteiger partial charge in [-0.2, -0.15) is 13.1 Å². The van der Waals surface area contributed by atoms with Crippen LogP contribution in [0.2, 0.25) is 0 Å². The zero-order chi connectivity index (χ0) is 15.3. The summed E-state index contributed by atoms with van der Waals surface area (Å²) in [6, 6.07) is 4.79. The van der Waals surface area contributed by atoms with Crippen molar-refractivity contribution in [1.82, 2.24) is 13.1 Å². The van der Waals surface area contributed by atoms with E-state index in [9.17, 15) is 18.3 Å². The monoisotopic (exact) mass is 327 g/mol. The number of fused-ring (bicyclic) bond motifs is 1. The summed E-state index contributed by atoms with van der Waals surface area (Å²) in [5.74, 6) is -0.978. The van der Waals surface area contributed by atoms with Gasteiger partial charge in [0.25, 0.3) is 0 Å². The van der Waals surface area contributed by atoms with Crippen molar-refractivity contribution in [3.05, 3.63) is 18.2 Å². The molecule has 1 unspecified atom stereocenters. The molecule has 7 nitrogen and oxygen atoms in total. The molecule has 0 saturated carbocycles. The fraction of sp³-hybridized carbons (Fsp3) is 0.417. The maximum absolute atomic E-state index is 12.7. The predicted octanol–water partition coefficient (Wildman–Crippen LogP) is 1.18. The average Bonchev–Trinajstić information content (AvgIpc) is 3.05. The summed E-state index contributed by atoms with van der Waals surface area (Å²) >= 11 is 0.953. The lowest BCUT2D eigenvalue weighted by Crippen LogP contribution is -2.35. The van der Waals surface area contributed by atoms with Crippen LogP contribution in [0, 0.1) is 5.41 Å². The first-order valence-electron chi connectivity index (χ1n) is 6.29. The summed E-state index contributed by atoms with van der Waals surface area (Å²) in [7, 11) is -3.77. The zero-order valence-electron chi connectivity index (χ0n) is 11.2. The Morgan fingerprint density at radius 1 is 1.43 bits per heavy atom. The Kier molecular flexibility index (Phi) is 3.23. The van der Waals surface area contributed by atoms with Gasteiger partial charge in [0.1, 0.15) is 15.9 Å². The van der Waals surface area contributed by atoms with Crippen molar-refractivity contribution < 1.29 is 18.3 Å². The number of aromatic nitrogens is 2. The van der Waals surface area contributed by atoms with Crippen LogP contribution < -0.4 is 0 Å². The molecule has 1 aromatic heterocycles. The van der Waals surface area contributed by atoms with Gasteiger partial charge < -0.3 is 5.11 Å². The second-order valence-corrected chi connectivity index (χ2v) is 7.78. The fourth-order valence-electron chi connectivity index (χ4n) is 2.43. The minimum atomic E-state index is -3.77. The predicted molar refractivity (Wildman–Crippen MR) is 76.5 cm³/mol. The third-order valence-electron chi connectivity index (χ3n) is 3.82. The number of carboxylic acid groups (broad SMARTS) is 1. The quantitative estimate of drug-likeness (QED) is 0.908. The maximum atomic E-state index is 12.7. The summed E-state index contributed by atoms with van der Waals surface area (Å²) < 4.78 is 34.7. The van der Waals surface area contributed by atoms with Crippen LogP contribution in [0.3, 0.4) is 0 Å². The van der Waals surface area contributed by atoms with Gasteiger partial charge >= 0.3 is 5.97 Å². The highest BCUT2D eigenvalue weighted by Crippen LogP contribution is 2.35. The van der Waals surface area contributed by atoms with E-state index in [1.807, 2.05) is 0 Å². The lowest BCUT2D eigenvalue weighted by Gasteiger charge is -2.20. The lowest BCUT2D eigenvalue weighted by atomic mass is 9.90. The first kappa shape index (κ1) is 14.4. The van der Waals surface area contributed by atoms with E-state index in [0.29, 0.717) is 17.5 Å². The van der Waals surface area contributed by atoms with Gasteiger partial charge in [-0.25, -0.2) is 8.42 Å². The second-order valence-electron chi connectivity index (χ2n) is 5.34. The van der Waals surface area contributed by atoms with Crippen molar-refractivity contribution in [2.75, 3.05) is 13.1 Å². The van der Waals surface area contributed by atoms with Gasteiger partial charge in [0.05, 0.1) is 17.1 Å². The average molecular weight is 327 g/mol. The molecule has 1 aliphatic rings. The molecule has 1 aromatic carbocycles. The molecule has 2 heterocycles. The Morgan fingerprint density at radius 3 is 2.86 bits per heavy atom. The molecule has 3 rings (SSSR count). The molecule has 1 atom stereocenters. The zero-order valence-corrected chi connectivity index (χ0v) is 12.8. The maximum Gasteiger partial charge on any atom is 0.310 e. The van der Waals surface area contributed by atoms with Crippen LogP contribution in [-0.4, -0.2) is 45.6 Å². The summed E-state index contributed by atoms with van der Waals surface area (Å²) in [5, 5.41) is 9.22. The molecule has 0 bridgehead atoms. The molecule has 0 radical (unpaired) electrons. The standard InChI is InChI=1S/C12H13N3O4S2/c1-12(11(16)17)5-6-15(7-12)21(18,19)9-4-2-3-8-10(9)14-20-13-8/h2-4H,5-7H2,1H3,(H,16,17). The van der Waals surface area contributed by atoms with Crippen molar-refractivity contribution in [3.63, 3.8) is 0 Å². The van der Waals surface area contributed by atoms with Crippen molar-refractivity contribution in [3.8, 4) is 0 Å². The highest BCUT2D eigenvalue weighted by molar-refractivity contribution is 7.89. The lowest BCUT2D eigenvalue weighted by molar-refractivity contribution is -0.146. The number of carbonyl (C=O) groups is 1. The Hall–Kier alpha value is -1.58. The Bertz CT molecular complexity index is 817. The van der Waals surface area contributed by atoms with Crippen molar-refractivity contribution >= 4 is 38.8 Å². The molecular weight excluding hydrogens is 314 g/mol. The van der Waals surface area contributed by atoms with Crippen LogP contribution >= 0.6 is 11.7 Å². The number of hydrogen-bond acceptors (Lipinski definition) is 6. The Labute approximate surface area is 125 Å². The van der Waals surface area contributed by atoms with Gasteiger partial charge in [0.2, 0.25) is 10.0 Å². The van der Waals surface area contributed by atoms with Crippen molar-refractivity contribution in [1.29, 1.82) is 0 Å². The van der Waals surface area contributed by atoms with Crippen LogP contribution in [-0.2, 0) is 14.8 Å². The van der Waals surface area contributed by atoms with E-state index in [-0.39, 0.29) is 18.0 Å². The van der Waals surface area contributed by atoms with Crippen LogP contribution in [0.25, 0.3) is 11.0 Å². The molecule has 1 saturated heterocycles. The SMILES string of the molecule is CC1(C(=O)O)CCN(S(=O)(=O)c2cccc3nsnc23)C1. The van der Waals surface area contributed by atoms with Crippen LogP contribution in [0.1, 0.15) is 13.3 Å². The second kappa shape index (κ2) is 4.72. The fourth-order valence-corrected chi connectivity index (χ4v) is 4.74. The van der Waals surface area contributed by atoms with E-state index in [2.05, 4.69) is 8.75 Å². The number of carboxylic acids is 1. The molecule has 9 heteroatoms. The molecule has 21 heavy (non-hydrogen) atoms.